The Morgan fingerprint density at radius 2 is 2.07 bits per heavy atom. The molecule has 27 heavy (non-hydrogen) atoms. The summed E-state index contributed by atoms with van der Waals surface area (Å²) in [4.78, 5) is 18.9. The minimum absolute atomic E-state index is 0.000173. The zero-order valence-electron chi connectivity index (χ0n) is 14.9. The third-order valence-electron chi connectivity index (χ3n) is 4.35. The molecule has 0 N–H and O–H groups in total. The van der Waals surface area contributed by atoms with Gasteiger partial charge in [-0.3, -0.25) is 4.79 Å². The van der Waals surface area contributed by atoms with E-state index >= 15 is 0 Å². The van der Waals surface area contributed by atoms with Crippen molar-refractivity contribution in [2.24, 2.45) is 0 Å². The van der Waals surface area contributed by atoms with Crippen molar-refractivity contribution in [3.63, 3.8) is 0 Å². The second-order valence-electron chi connectivity index (χ2n) is 6.46. The highest BCUT2D eigenvalue weighted by Crippen LogP contribution is 2.38. The van der Waals surface area contributed by atoms with Crippen LogP contribution in [0.3, 0.4) is 0 Å². The van der Waals surface area contributed by atoms with Crippen LogP contribution in [0.1, 0.15) is 17.0 Å². The van der Waals surface area contributed by atoms with Crippen molar-refractivity contribution in [3.8, 4) is 11.5 Å². The Morgan fingerprint density at radius 3 is 2.93 bits per heavy atom. The lowest BCUT2D eigenvalue weighted by Crippen LogP contribution is -2.27. The van der Waals surface area contributed by atoms with Gasteiger partial charge < -0.3 is 14.4 Å². The Balaban J connectivity index is 1.46. The van der Waals surface area contributed by atoms with Crippen molar-refractivity contribution in [1.82, 2.24) is 9.88 Å². The number of fused-ring (bicyclic) bond motifs is 2. The highest BCUT2D eigenvalue weighted by molar-refractivity contribution is 7.18. The van der Waals surface area contributed by atoms with Gasteiger partial charge in [-0.25, -0.2) is 4.98 Å². The molecule has 3 aromatic rings. The zero-order chi connectivity index (χ0) is 18.8. The smallest absolute Gasteiger partial charge is 0.227 e. The summed E-state index contributed by atoms with van der Waals surface area (Å²) in [6, 6.07) is 11.6. The fourth-order valence-electron chi connectivity index (χ4n) is 2.97. The molecule has 1 amide bonds. The number of amides is 1. The average molecular weight is 403 g/mol. The van der Waals surface area contributed by atoms with Gasteiger partial charge in [-0.15, -0.1) is 11.3 Å². The normalized spacial score (nSPS) is 13.4. The van der Waals surface area contributed by atoms with Gasteiger partial charge in [-0.1, -0.05) is 23.7 Å². The van der Waals surface area contributed by atoms with Gasteiger partial charge in [0, 0.05) is 13.5 Å². The van der Waals surface area contributed by atoms with E-state index in [-0.39, 0.29) is 12.3 Å². The van der Waals surface area contributed by atoms with E-state index in [4.69, 9.17) is 21.1 Å². The van der Waals surface area contributed by atoms with Crippen LogP contribution < -0.4 is 9.47 Å². The van der Waals surface area contributed by atoms with Gasteiger partial charge in [0.15, 0.2) is 11.5 Å². The molecule has 7 heteroatoms. The summed E-state index contributed by atoms with van der Waals surface area (Å²) in [6.45, 7) is 1.64. The maximum absolute atomic E-state index is 12.7. The van der Waals surface area contributed by atoms with Crippen LogP contribution in [0.5, 0.6) is 11.5 Å². The fraction of sp³-hybridized carbons (Fsp3) is 0.300. The van der Waals surface area contributed by atoms with E-state index in [1.165, 1.54) is 0 Å². The van der Waals surface area contributed by atoms with Crippen LogP contribution in [-0.4, -0.2) is 36.1 Å². The van der Waals surface area contributed by atoms with Crippen LogP contribution >= 0.6 is 22.9 Å². The van der Waals surface area contributed by atoms with Crippen LogP contribution in [0.15, 0.2) is 36.4 Å². The molecule has 140 valence electrons. The molecular weight excluding hydrogens is 384 g/mol. The van der Waals surface area contributed by atoms with Gasteiger partial charge in [-0.05, 0) is 29.8 Å². The van der Waals surface area contributed by atoms with E-state index in [0.717, 1.165) is 27.2 Å². The number of ether oxygens (including phenoxy) is 2. The molecule has 0 atom stereocenters. The average Bonchev–Trinajstić information content (AvgIpc) is 2.89. The first-order chi connectivity index (χ1) is 13.1. The van der Waals surface area contributed by atoms with Gasteiger partial charge in [-0.2, -0.15) is 0 Å². The summed E-state index contributed by atoms with van der Waals surface area (Å²) < 4.78 is 12.5. The molecule has 0 saturated heterocycles. The number of likely N-dealkylation sites (N-methyl/N-ethyl adjacent to an activating group) is 1. The molecule has 0 spiro atoms. The summed E-state index contributed by atoms with van der Waals surface area (Å²) in [5.41, 5.74) is 1.78. The van der Waals surface area contributed by atoms with Crippen LogP contribution in [0, 0.1) is 0 Å². The van der Waals surface area contributed by atoms with E-state index in [1.54, 1.807) is 29.4 Å². The van der Waals surface area contributed by atoms with Gasteiger partial charge in [0.1, 0.15) is 5.01 Å². The quantitative estimate of drug-likeness (QED) is 0.652. The standard InChI is InChI=1S/C20H19ClN2O3S/c1-23(12-18-22-15-5-2-3-6-17(15)27-18)19(24)11-13-9-14(21)20-16(10-13)25-7-4-8-26-20/h2-3,5-6,9-10H,4,7-8,11-12H2,1H3. The topological polar surface area (TPSA) is 51.7 Å². The number of carbonyl (C=O) groups is 1. The van der Waals surface area contributed by atoms with E-state index in [1.807, 2.05) is 30.3 Å². The van der Waals surface area contributed by atoms with Crippen molar-refractivity contribution in [3.05, 3.63) is 52.0 Å². The summed E-state index contributed by atoms with van der Waals surface area (Å²) in [6.07, 6.45) is 1.06. The Morgan fingerprint density at radius 1 is 1.26 bits per heavy atom. The van der Waals surface area contributed by atoms with E-state index in [2.05, 4.69) is 4.98 Å². The van der Waals surface area contributed by atoms with Crippen molar-refractivity contribution >= 4 is 39.1 Å². The number of nitrogens with zero attached hydrogens (tertiary/aromatic N) is 2. The van der Waals surface area contributed by atoms with E-state index in [9.17, 15) is 4.79 Å². The third-order valence-corrected chi connectivity index (χ3v) is 5.66. The van der Waals surface area contributed by atoms with Crippen LogP contribution in [0.4, 0.5) is 0 Å². The molecule has 0 aliphatic carbocycles. The predicted octanol–water partition coefficient (Wildman–Crippen LogP) is 4.31. The van der Waals surface area contributed by atoms with Gasteiger partial charge in [0.05, 0.1) is 41.4 Å². The number of hydrogen-bond acceptors (Lipinski definition) is 5. The maximum atomic E-state index is 12.7. The molecule has 1 aliphatic rings. The molecule has 0 fully saturated rings. The highest BCUT2D eigenvalue weighted by atomic mass is 35.5. The molecular formula is C20H19ClN2O3S. The van der Waals surface area contributed by atoms with Gasteiger partial charge in [0.25, 0.3) is 0 Å². The molecule has 0 saturated carbocycles. The molecule has 0 unspecified atom stereocenters. The maximum Gasteiger partial charge on any atom is 0.227 e. The first-order valence-electron chi connectivity index (χ1n) is 8.76. The number of aromatic nitrogens is 1. The first kappa shape index (κ1) is 18.1. The summed E-state index contributed by atoms with van der Waals surface area (Å²) >= 11 is 7.93. The Kier molecular flexibility index (Phi) is 5.18. The Labute approximate surface area is 166 Å². The number of benzene rings is 2. The third kappa shape index (κ3) is 4.01. The lowest BCUT2D eigenvalue weighted by Gasteiger charge is -2.17. The lowest BCUT2D eigenvalue weighted by atomic mass is 10.1. The van der Waals surface area contributed by atoms with Crippen molar-refractivity contribution in [2.75, 3.05) is 20.3 Å². The van der Waals surface area contributed by atoms with Crippen LogP contribution in [0.25, 0.3) is 10.2 Å². The molecule has 0 bridgehead atoms. The Hall–Kier alpha value is -2.31. The Bertz CT molecular complexity index is 956. The monoisotopic (exact) mass is 402 g/mol. The van der Waals surface area contributed by atoms with E-state index < -0.39 is 0 Å². The number of hydrogen-bond donors (Lipinski definition) is 0. The zero-order valence-corrected chi connectivity index (χ0v) is 16.5. The van der Waals surface area contributed by atoms with Crippen molar-refractivity contribution in [1.29, 1.82) is 0 Å². The minimum atomic E-state index is -0.000173. The molecule has 1 aromatic heterocycles. The fourth-order valence-corrected chi connectivity index (χ4v) is 4.28. The number of para-hydroxylation sites is 1. The largest absolute Gasteiger partial charge is 0.489 e. The second kappa shape index (κ2) is 7.74. The SMILES string of the molecule is CN(Cc1nc2ccccc2s1)C(=O)Cc1cc(Cl)c2c(c1)OCCCO2. The second-order valence-corrected chi connectivity index (χ2v) is 7.98. The molecule has 2 heterocycles. The lowest BCUT2D eigenvalue weighted by molar-refractivity contribution is -0.129. The molecule has 0 radical (unpaired) electrons. The number of thiazole rings is 1. The number of halogens is 1. The molecule has 5 nitrogen and oxygen atoms in total. The highest BCUT2D eigenvalue weighted by Gasteiger charge is 2.18. The first-order valence-corrected chi connectivity index (χ1v) is 9.96. The predicted molar refractivity (Wildman–Crippen MR) is 107 cm³/mol. The number of carbonyl (C=O) groups excluding carboxylic acids is 1. The van der Waals surface area contributed by atoms with Crippen molar-refractivity contribution in [2.45, 2.75) is 19.4 Å². The van der Waals surface area contributed by atoms with Gasteiger partial charge >= 0.3 is 0 Å². The molecule has 1 aliphatic heterocycles. The molecule has 4 rings (SSSR count). The van der Waals surface area contributed by atoms with Crippen molar-refractivity contribution < 1.29 is 14.3 Å². The summed E-state index contributed by atoms with van der Waals surface area (Å²) in [7, 11) is 1.79. The summed E-state index contributed by atoms with van der Waals surface area (Å²) in [5, 5.41) is 1.40. The molecule has 2 aromatic carbocycles. The van der Waals surface area contributed by atoms with Crippen LogP contribution in [0.2, 0.25) is 5.02 Å². The van der Waals surface area contributed by atoms with E-state index in [0.29, 0.717) is 36.3 Å². The van der Waals surface area contributed by atoms with Crippen LogP contribution in [-0.2, 0) is 17.8 Å². The summed E-state index contributed by atoms with van der Waals surface area (Å²) in [5.74, 6) is 1.17. The van der Waals surface area contributed by atoms with Gasteiger partial charge in [0.2, 0.25) is 5.91 Å². The number of rotatable bonds is 4. The minimum Gasteiger partial charge on any atom is -0.489 e.